The summed E-state index contributed by atoms with van der Waals surface area (Å²) in [7, 11) is 0.413. The average molecular weight is 304 g/mol. The molecule has 116 valence electrons. The van der Waals surface area contributed by atoms with Gasteiger partial charge in [-0.3, -0.25) is 4.79 Å². The third-order valence-electron chi connectivity index (χ3n) is 4.60. The Kier molecular flexibility index (Phi) is 4.71. The van der Waals surface area contributed by atoms with Crippen molar-refractivity contribution in [3.8, 4) is 0 Å². The highest BCUT2D eigenvalue weighted by Crippen LogP contribution is 2.34. The molecule has 6 nitrogen and oxygen atoms in total. The molecule has 0 bridgehead atoms. The van der Waals surface area contributed by atoms with E-state index in [1.54, 1.807) is 0 Å². The molecule has 3 unspecified atom stereocenters. The van der Waals surface area contributed by atoms with Crippen LogP contribution in [-0.4, -0.2) is 67.2 Å². The number of piperidine rings is 1. The lowest BCUT2D eigenvalue weighted by molar-refractivity contribution is -0.141. The Morgan fingerprint density at radius 1 is 1.20 bits per heavy atom. The van der Waals surface area contributed by atoms with E-state index in [-0.39, 0.29) is 6.04 Å². The maximum absolute atomic E-state index is 12.7. The van der Waals surface area contributed by atoms with Crippen molar-refractivity contribution in [3.05, 3.63) is 0 Å². The Morgan fingerprint density at radius 3 is 2.50 bits per heavy atom. The second-order valence-corrected chi connectivity index (χ2v) is 8.23. The lowest BCUT2D eigenvalue weighted by Gasteiger charge is -2.37. The van der Waals surface area contributed by atoms with Crippen LogP contribution in [0.2, 0.25) is 0 Å². The van der Waals surface area contributed by atoms with Crippen LogP contribution in [0.5, 0.6) is 0 Å². The zero-order valence-electron chi connectivity index (χ0n) is 12.2. The predicted octanol–water partition coefficient (Wildman–Crippen LogP) is 0.596. The van der Waals surface area contributed by atoms with E-state index in [0.29, 0.717) is 32.4 Å². The number of sulfonamides is 1. The van der Waals surface area contributed by atoms with Gasteiger partial charge in [-0.15, -0.1) is 0 Å². The van der Waals surface area contributed by atoms with Crippen molar-refractivity contribution >= 4 is 16.0 Å². The maximum atomic E-state index is 12.7. The second-order valence-electron chi connectivity index (χ2n) is 6.08. The summed E-state index contributed by atoms with van der Waals surface area (Å²) >= 11 is 0. The third-order valence-corrected chi connectivity index (χ3v) is 6.98. The molecule has 0 aromatic carbocycles. The van der Waals surface area contributed by atoms with Crippen LogP contribution in [0.3, 0.4) is 0 Å². The first-order chi connectivity index (χ1) is 9.34. The van der Waals surface area contributed by atoms with E-state index >= 15 is 0 Å². The van der Waals surface area contributed by atoms with Crippen molar-refractivity contribution < 1.29 is 18.3 Å². The number of carboxylic acids is 1. The molecule has 1 aliphatic carbocycles. The third kappa shape index (κ3) is 2.99. The molecule has 2 fully saturated rings. The van der Waals surface area contributed by atoms with Gasteiger partial charge in [-0.1, -0.05) is 6.42 Å². The Morgan fingerprint density at radius 2 is 1.90 bits per heavy atom. The highest BCUT2D eigenvalue weighted by atomic mass is 32.2. The van der Waals surface area contributed by atoms with Crippen LogP contribution in [0.1, 0.15) is 32.1 Å². The summed E-state index contributed by atoms with van der Waals surface area (Å²) < 4.78 is 27.0. The molecule has 0 radical (unpaired) electrons. The molecule has 1 heterocycles. The first-order valence-corrected chi connectivity index (χ1v) is 8.72. The van der Waals surface area contributed by atoms with Gasteiger partial charge in [0, 0.05) is 19.1 Å². The topological polar surface area (TPSA) is 77.9 Å². The number of carbonyl (C=O) groups is 1. The van der Waals surface area contributed by atoms with E-state index in [4.69, 9.17) is 0 Å². The molecule has 0 amide bonds. The van der Waals surface area contributed by atoms with Crippen LogP contribution in [-0.2, 0) is 14.8 Å². The summed E-state index contributed by atoms with van der Waals surface area (Å²) in [6, 6.07) is 0.225. The summed E-state index contributed by atoms with van der Waals surface area (Å²) in [5, 5.41) is 8.46. The van der Waals surface area contributed by atoms with Crippen LogP contribution >= 0.6 is 0 Å². The average Bonchev–Trinajstić information content (AvgIpc) is 2.89. The first kappa shape index (κ1) is 15.7. The minimum atomic E-state index is -3.50. The van der Waals surface area contributed by atoms with E-state index in [1.165, 1.54) is 4.31 Å². The Labute approximate surface area is 120 Å². The number of likely N-dealkylation sites (N-methyl/N-ethyl adjacent to an activating group) is 1. The van der Waals surface area contributed by atoms with Crippen LogP contribution in [0.4, 0.5) is 0 Å². The number of hydrogen-bond acceptors (Lipinski definition) is 4. The van der Waals surface area contributed by atoms with Gasteiger partial charge in [0.05, 0.1) is 11.2 Å². The van der Waals surface area contributed by atoms with Gasteiger partial charge in [0.1, 0.15) is 0 Å². The van der Waals surface area contributed by atoms with Crippen LogP contribution < -0.4 is 0 Å². The van der Waals surface area contributed by atoms with Gasteiger partial charge < -0.3 is 10.0 Å². The fourth-order valence-electron chi connectivity index (χ4n) is 3.33. The van der Waals surface area contributed by atoms with Crippen molar-refractivity contribution in [2.45, 2.75) is 43.4 Å². The molecule has 20 heavy (non-hydrogen) atoms. The van der Waals surface area contributed by atoms with Crippen molar-refractivity contribution in [3.63, 3.8) is 0 Å². The van der Waals surface area contributed by atoms with Crippen molar-refractivity contribution in [2.24, 2.45) is 5.92 Å². The maximum Gasteiger partial charge on any atom is 0.307 e. The van der Waals surface area contributed by atoms with Gasteiger partial charge in [-0.05, 0) is 39.8 Å². The second kappa shape index (κ2) is 5.99. The minimum absolute atomic E-state index is 0.225. The number of nitrogens with zero attached hydrogens (tertiary/aromatic N) is 2. The zero-order valence-corrected chi connectivity index (χ0v) is 13.0. The van der Waals surface area contributed by atoms with Gasteiger partial charge in [0.25, 0.3) is 0 Å². The van der Waals surface area contributed by atoms with E-state index in [9.17, 15) is 18.3 Å². The predicted molar refractivity (Wildman–Crippen MR) is 76.0 cm³/mol. The van der Waals surface area contributed by atoms with Crippen LogP contribution in [0, 0.1) is 5.92 Å². The van der Waals surface area contributed by atoms with Gasteiger partial charge in [-0.2, -0.15) is 0 Å². The Hall–Kier alpha value is -0.660. The summed E-state index contributed by atoms with van der Waals surface area (Å²) in [5.74, 6) is -1.71. The lowest BCUT2D eigenvalue weighted by Crippen LogP contribution is -2.51. The Bertz CT molecular complexity index is 463. The standard InChI is InChI=1S/C13H24N2O4S/c1-14(2)10-5-4-8-15(9-10)20(18,19)12-7-3-6-11(12)13(16)17/h10-12H,3-9H2,1-2H3,(H,16,17). The number of rotatable bonds is 4. The van der Waals surface area contributed by atoms with E-state index < -0.39 is 27.2 Å². The molecule has 1 N–H and O–H groups in total. The summed E-state index contributed by atoms with van der Waals surface area (Å²) in [6.07, 6.45) is 3.47. The van der Waals surface area contributed by atoms with E-state index in [0.717, 1.165) is 12.8 Å². The summed E-state index contributed by atoms with van der Waals surface area (Å²) in [6.45, 7) is 1.01. The largest absolute Gasteiger partial charge is 0.481 e. The fourth-order valence-corrected chi connectivity index (χ4v) is 5.61. The van der Waals surface area contributed by atoms with Crippen LogP contribution in [0.25, 0.3) is 0 Å². The number of hydrogen-bond donors (Lipinski definition) is 1. The van der Waals surface area contributed by atoms with E-state index in [1.807, 2.05) is 19.0 Å². The summed E-state index contributed by atoms with van der Waals surface area (Å²) in [4.78, 5) is 13.3. The molecule has 2 rings (SSSR count). The molecule has 2 aliphatic rings. The molecule has 7 heteroatoms. The zero-order chi connectivity index (χ0) is 14.9. The molecule has 0 aromatic rings. The van der Waals surface area contributed by atoms with Crippen LogP contribution in [0.15, 0.2) is 0 Å². The highest BCUT2D eigenvalue weighted by molar-refractivity contribution is 7.89. The van der Waals surface area contributed by atoms with Gasteiger partial charge in [0.2, 0.25) is 10.0 Å². The molecule has 0 spiro atoms. The van der Waals surface area contributed by atoms with Crippen molar-refractivity contribution in [1.82, 2.24) is 9.21 Å². The summed E-state index contributed by atoms with van der Waals surface area (Å²) in [5.41, 5.74) is 0. The molecular formula is C13H24N2O4S. The molecule has 0 aromatic heterocycles. The molecular weight excluding hydrogens is 280 g/mol. The number of aliphatic carboxylic acids is 1. The van der Waals surface area contributed by atoms with Gasteiger partial charge >= 0.3 is 5.97 Å². The van der Waals surface area contributed by atoms with Gasteiger partial charge in [-0.25, -0.2) is 12.7 Å². The quantitative estimate of drug-likeness (QED) is 0.823. The van der Waals surface area contributed by atoms with E-state index in [2.05, 4.69) is 0 Å². The molecule has 1 aliphatic heterocycles. The normalized spacial score (nSPS) is 32.6. The monoisotopic (exact) mass is 304 g/mol. The molecule has 1 saturated carbocycles. The van der Waals surface area contributed by atoms with Crippen molar-refractivity contribution in [1.29, 1.82) is 0 Å². The fraction of sp³-hybridized carbons (Fsp3) is 0.923. The highest BCUT2D eigenvalue weighted by Gasteiger charge is 2.45. The minimum Gasteiger partial charge on any atom is -0.481 e. The lowest BCUT2D eigenvalue weighted by atomic mass is 10.1. The SMILES string of the molecule is CN(C)C1CCCN(S(=O)(=O)C2CCCC2C(=O)O)C1. The van der Waals surface area contributed by atoms with Crippen molar-refractivity contribution in [2.75, 3.05) is 27.2 Å². The molecule has 3 atom stereocenters. The smallest absolute Gasteiger partial charge is 0.307 e. The van der Waals surface area contributed by atoms with Gasteiger partial charge in [0.15, 0.2) is 0 Å². The molecule has 1 saturated heterocycles. The number of carboxylic acid groups (broad SMARTS) is 1. The Balaban J connectivity index is 2.15. The first-order valence-electron chi connectivity index (χ1n) is 7.22.